The van der Waals surface area contributed by atoms with Crippen LogP contribution in [0, 0.1) is 0 Å². The lowest BCUT2D eigenvalue weighted by atomic mass is 10.2. The highest BCUT2D eigenvalue weighted by molar-refractivity contribution is 7.99. The summed E-state index contributed by atoms with van der Waals surface area (Å²) in [6.45, 7) is 4.44. The zero-order valence-corrected chi connectivity index (χ0v) is 23.2. The second-order valence-electron chi connectivity index (χ2n) is 9.65. The Labute approximate surface area is 234 Å². The van der Waals surface area contributed by atoms with Crippen LogP contribution in [0.15, 0.2) is 90.1 Å². The van der Waals surface area contributed by atoms with Gasteiger partial charge in [-0.25, -0.2) is 0 Å². The maximum atomic E-state index is 12.8. The van der Waals surface area contributed by atoms with Gasteiger partial charge in [-0.1, -0.05) is 72.4 Å². The molecule has 5 rings (SSSR count). The maximum absolute atomic E-state index is 12.8. The van der Waals surface area contributed by atoms with E-state index in [9.17, 15) is 4.79 Å². The minimum atomic E-state index is 0.270. The molecule has 0 radical (unpaired) electrons. The molecule has 1 aliphatic rings. The van der Waals surface area contributed by atoms with Gasteiger partial charge in [0.25, 0.3) is 0 Å². The first-order valence-corrected chi connectivity index (χ1v) is 14.5. The highest BCUT2D eigenvalue weighted by Gasteiger charge is 2.21. The van der Waals surface area contributed by atoms with Gasteiger partial charge in [0, 0.05) is 56.1 Å². The molecular formula is C31H35N5O2S. The van der Waals surface area contributed by atoms with Gasteiger partial charge in [-0.3, -0.25) is 14.3 Å². The first-order chi connectivity index (χ1) is 19.2. The van der Waals surface area contributed by atoms with Crippen molar-refractivity contribution in [2.75, 3.05) is 39.0 Å². The lowest BCUT2D eigenvalue weighted by molar-refractivity contribution is -0.133. The summed E-state index contributed by atoms with van der Waals surface area (Å²) in [5, 5.41) is 9.89. The first kappa shape index (κ1) is 27.0. The Morgan fingerprint density at radius 2 is 1.54 bits per heavy atom. The molecule has 0 aliphatic carbocycles. The zero-order valence-electron chi connectivity index (χ0n) is 22.4. The SMILES string of the molecule is COc1ccc(-n2c(SCCCCC(=O)N3CCN(Cc4ccccc4)CC3)nnc2-c2ccccc2)cc1. The summed E-state index contributed by atoms with van der Waals surface area (Å²) >= 11 is 1.68. The van der Waals surface area contributed by atoms with Crippen molar-refractivity contribution in [1.29, 1.82) is 0 Å². The normalized spacial score (nSPS) is 13.9. The molecular weight excluding hydrogens is 506 g/mol. The van der Waals surface area contributed by atoms with E-state index in [1.807, 2.05) is 65.6 Å². The van der Waals surface area contributed by atoms with Crippen molar-refractivity contribution in [1.82, 2.24) is 24.6 Å². The Balaban J connectivity index is 1.11. The third-order valence-electron chi connectivity index (χ3n) is 6.99. The van der Waals surface area contributed by atoms with E-state index in [0.29, 0.717) is 6.42 Å². The van der Waals surface area contributed by atoms with E-state index >= 15 is 0 Å². The fourth-order valence-electron chi connectivity index (χ4n) is 4.80. The van der Waals surface area contributed by atoms with E-state index in [0.717, 1.165) is 79.3 Å². The number of carbonyl (C=O) groups is 1. The van der Waals surface area contributed by atoms with Crippen LogP contribution in [0.3, 0.4) is 0 Å². The third kappa shape index (κ3) is 7.07. The zero-order chi connectivity index (χ0) is 26.9. The molecule has 0 atom stereocenters. The van der Waals surface area contributed by atoms with Crippen LogP contribution in [0.4, 0.5) is 0 Å². The monoisotopic (exact) mass is 541 g/mol. The van der Waals surface area contributed by atoms with Crippen LogP contribution in [0.1, 0.15) is 24.8 Å². The highest BCUT2D eigenvalue weighted by Crippen LogP contribution is 2.29. The minimum Gasteiger partial charge on any atom is -0.497 e. The number of rotatable bonds is 11. The van der Waals surface area contributed by atoms with Gasteiger partial charge in [-0.05, 0) is 42.7 Å². The van der Waals surface area contributed by atoms with Crippen LogP contribution in [0.2, 0.25) is 0 Å². The van der Waals surface area contributed by atoms with Gasteiger partial charge in [0.05, 0.1) is 7.11 Å². The average molecular weight is 542 g/mol. The highest BCUT2D eigenvalue weighted by atomic mass is 32.2. The quantitative estimate of drug-likeness (QED) is 0.183. The number of unbranched alkanes of at least 4 members (excludes halogenated alkanes) is 1. The minimum absolute atomic E-state index is 0.270. The van der Waals surface area contributed by atoms with Crippen LogP contribution >= 0.6 is 11.8 Å². The molecule has 1 aromatic heterocycles. The molecule has 0 N–H and O–H groups in total. The molecule has 202 valence electrons. The van der Waals surface area contributed by atoms with Gasteiger partial charge in [-0.2, -0.15) is 0 Å². The van der Waals surface area contributed by atoms with Crippen LogP contribution in [-0.4, -0.2) is 69.5 Å². The van der Waals surface area contributed by atoms with E-state index in [1.165, 1.54) is 5.56 Å². The first-order valence-electron chi connectivity index (χ1n) is 13.5. The second-order valence-corrected chi connectivity index (χ2v) is 10.7. The largest absolute Gasteiger partial charge is 0.497 e. The van der Waals surface area contributed by atoms with Gasteiger partial charge in [0.2, 0.25) is 5.91 Å². The molecule has 0 saturated carbocycles. The summed E-state index contributed by atoms with van der Waals surface area (Å²) in [6, 6.07) is 28.6. The number of methoxy groups -OCH3 is 1. The Hall–Kier alpha value is -3.62. The summed E-state index contributed by atoms with van der Waals surface area (Å²) < 4.78 is 7.43. The van der Waals surface area contributed by atoms with E-state index in [4.69, 9.17) is 4.74 Å². The fourth-order valence-corrected chi connectivity index (χ4v) is 5.75. The summed E-state index contributed by atoms with van der Waals surface area (Å²) in [7, 11) is 1.67. The van der Waals surface area contributed by atoms with E-state index in [1.54, 1.807) is 18.9 Å². The van der Waals surface area contributed by atoms with Gasteiger partial charge >= 0.3 is 0 Å². The maximum Gasteiger partial charge on any atom is 0.222 e. The van der Waals surface area contributed by atoms with Crippen LogP contribution < -0.4 is 4.74 Å². The van der Waals surface area contributed by atoms with Gasteiger partial charge in [0.15, 0.2) is 11.0 Å². The van der Waals surface area contributed by atoms with Crippen molar-refractivity contribution in [2.45, 2.75) is 31.0 Å². The van der Waals surface area contributed by atoms with Gasteiger partial charge in [-0.15, -0.1) is 10.2 Å². The predicted octanol–water partition coefficient (Wildman–Crippen LogP) is 5.55. The number of ether oxygens (including phenoxy) is 1. The summed E-state index contributed by atoms with van der Waals surface area (Å²) in [4.78, 5) is 17.3. The van der Waals surface area contributed by atoms with Gasteiger partial charge in [0.1, 0.15) is 5.75 Å². The van der Waals surface area contributed by atoms with E-state index in [-0.39, 0.29) is 5.91 Å². The molecule has 4 aromatic rings. The predicted molar refractivity (Wildman–Crippen MR) is 156 cm³/mol. The molecule has 1 aliphatic heterocycles. The van der Waals surface area contributed by atoms with Gasteiger partial charge < -0.3 is 9.64 Å². The molecule has 0 spiro atoms. The molecule has 1 saturated heterocycles. The molecule has 1 fully saturated rings. The standard InChI is InChI=1S/C31H35N5O2S/c1-38-28-17-15-27(16-18-28)36-30(26-12-6-3-7-13-26)32-33-31(36)39-23-9-8-14-29(37)35-21-19-34(20-22-35)24-25-10-4-2-5-11-25/h2-7,10-13,15-18H,8-9,14,19-24H2,1H3. The van der Waals surface area contributed by atoms with Crippen molar-refractivity contribution in [3.05, 3.63) is 90.5 Å². The molecule has 7 nitrogen and oxygen atoms in total. The Morgan fingerprint density at radius 1 is 0.846 bits per heavy atom. The number of amides is 1. The number of piperazine rings is 1. The number of hydrogen-bond donors (Lipinski definition) is 0. The molecule has 39 heavy (non-hydrogen) atoms. The number of hydrogen-bond acceptors (Lipinski definition) is 6. The molecule has 0 bridgehead atoms. The Morgan fingerprint density at radius 3 is 2.23 bits per heavy atom. The number of aromatic nitrogens is 3. The van der Waals surface area contributed by atoms with E-state index in [2.05, 4.69) is 43.9 Å². The van der Waals surface area contributed by atoms with Crippen molar-refractivity contribution in [2.24, 2.45) is 0 Å². The lowest BCUT2D eigenvalue weighted by Crippen LogP contribution is -2.48. The van der Waals surface area contributed by atoms with Crippen molar-refractivity contribution < 1.29 is 9.53 Å². The summed E-state index contributed by atoms with van der Waals surface area (Å²) in [5.74, 6) is 2.77. The Bertz CT molecular complexity index is 1320. The van der Waals surface area contributed by atoms with Crippen LogP contribution in [0.25, 0.3) is 17.1 Å². The molecule has 8 heteroatoms. The number of benzene rings is 3. The van der Waals surface area contributed by atoms with Crippen LogP contribution in [-0.2, 0) is 11.3 Å². The van der Waals surface area contributed by atoms with E-state index < -0.39 is 0 Å². The van der Waals surface area contributed by atoms with Crippen molar-refractivity contribution in [3.8, 4) is 22.8 Å². The average Bonchev–Trinajstić information content (AvgIpc) is 3.42. The summed E-state index contributed by atoms with van der Waals surface area (Å²) in [5.41, 5.74) is 3.33. The topological polar surface area (TPSA) is 63.5 Å². The third-order valence-corrected chi connectivity index (χ3v) is 8.00. The molecule has 0 unspecified atom stereocenters. The number of nitrogens with zero attached hydrogens (tertiary/aromatic N) is 5. The van der Waals surface area contributed by atoms with Crippen molar-refractivity contribution >= 4 is 17.7 Å². The summed E-state index contributed by atoms with van der Waals surface area (Å²) in [6.07, 6.45) is 2.42. The van der Waals surface area contributed by atoms with Crippen molar-refractivity contribution in [3.63, 3.8) is 0 Å². The lowest BCUT2D eigenvalue weighted by Gasteiger charge is -2.34. The second kappa shape index (κ2) is 13.4. The number of carbonyl (C=O) groups excluding carboxylic acids is 1. The number of thioether (sulfide) groups is 1. The Kier molecular flexibility index (Phi) is 9.30. The molecule has 1 amide bonds. The fraction of sp³-hybridized carbons (Fsp3) is 0.323. The molecule has 2 heterocycles. The van der Waals surface area contributed by atoms with Crippen LogP contribution in [0.5, 0.6) is 5.75 Å². The smallest absolute Gasteiger partial charge is 0.222 e. The molecule has 3 aromatic carbocycles.